The molecular formula is C21H17N3O4S. The first-order valence-corrected chi connectivity index (χ1v) is 10.1. The maximum absolute atomic E-state index is 12.2. The number of primary sulfonamides is 1. The molecule has 0 spiro atoms. The summed E-state index contributed by atoms with van der Waals surface area (Å²) in [6.07, 6.45) is 1.35. The highest BCUT2D eigenvalue weighted by atomic mass is 32.2. The molecule has 3 N–H and O–H groups in total. The summed E-state index contributed by atoms with van der Waals surface area (Å²) in [4.78, 5) is 12.2. The summed E-state index contributed by atoms with van der Waals surface area (Å²) in [5.74, 6) is 0.271. The number of sulfonamides is 1. The molecule has 29 heavy (non-hydrogen) atoms. The third-order valence-electron chi connectivity index (χ3n) is 4.04. The number of amides is 1. The van der Waals surface area contributed by atoms with Crippen LogP contribution in [-0.4, -0.2) is 14.3 Å². The fraction of sp³-hybridized carbons (Fsp3) is 0.0476. The van der Waals surface area contributed by atoms with E-state index in [2.05, 4.69) is 5.32 Å². The fourth-order valence-corrected chi connectivity index (χ4v) is 3.07. The highest BCUT2D eigenvalue weighted by molar-refractivity contribution is 7.89. The Morgan fingerprint density at radius 3 is 2.38 bits per heavy atom. The van der Waals surface area contributed by atoms with E-state index in [1.165, 1.54) is 18.2 Å². The largest absolute Gasteiger partial charge is 0.457 e. The van der Waals surface area contributed by atoms with E-state index in [0.717, 1.165) is 5.56 Å². The van der Waals surface area contributed by atoms with Crippen LogP contribution in [0.25, 0.3) is 17.4 Å². The molecule has 3 aromatic rings. The van der Waals surface area contributed by atoms with Crippen LogP contribution >= 0.6 is 0 Å². The van der Waals surface area contributed by atoms with Crippen molar-refractivity contribution in [3.63, 3.8) is 0 Å². The summed E-state index contributed by atoms with van der Waals surface area (Å²) >= 11 is 0. The van der Waals surface area contributed by atoms with Gasteiger partial charge >= 0.3 is 0 Å². The molecule has 0 saturated carbocycles. The maximum atomic E-state index is 12.2. The van der Waals surface area contributed by atoms with E-state index in [9.17, 15) is 18.5 Å². The standard InChI is InChI=1S/C21H17N3O4S/c22-13-17(21(25)24-14-15-4-2-1-3-5-15)12-18-8-11-20(28-18)16-6-9-19(10-7-16)29(23,26)27/h1-12H,14H2,(H,24,25)(H2,23,26,27). The molecule has 1 amide bonds. The number of carbonyl (C=O) groups excluding carboxylic acids is 1. The van der Waals surface area contributed by atoms with Gasteiger partial charge in [-0.3, -0.25) is 4.79 Å². The monoisotopic (exact) mass is 407 g/mol. The minimum Gasteiger partial charge on any atom is -0.457 e. The lowest BCUT2D eigenvalue weighted by atomic mass is 10.2. The number of benzene rings is 2. The van der Waals surface area contributed by atoms with Gasteiger partial charge in [-0.25, -0.2) is 13.6 Å². The van der Waals surface area contributed by atoms with Crippen LogP contribution in [0.5, 0.6) is 0 Å². The number of carbonyl (C=O) groups is 1. The molecule has 3 rings (SSSR count). The number of hydrogen-bond acceptors (Lipinski definition) is 5. The van der Waals surface area contributed by atoms with E-state index < -0.39 is 15.9 Å². The molecule has 2 aromatic carbocycles. The van der Waals surface area contributed by atoms with Crippen molar-refractivity contribution in [1.82, 2.24) is 5.32 Å². The van der Waals surface area contributed by atoms with Crippen molar-refractivity contribution in [2.45, 2.75) is 11.4 Å². The zero-order valence-corrected chi connectivity index (χ0v) is 16.0. The SMILES string of the molecule is N#CC(=Cc1ccc(-c2ccc(S(N)(=O)=O)cc2)o1)C(=O)NCc1ccccc1. The van der Waals surface area contributed by atoms with Crippen LogP contribution in [0.15, 0.2) is 81.6 Å². The van der Waals surface area contributed by atoms with Crippen LogP contribution in [0.4, 0.5) is 0 Å². The predicted molar refractivity (Wildman–Crippen MR) is 107 cm³/mol. The summed E-state index contributed by atoms with van der Waals surface area (Å²) in [7, 11) is -3.77. The second-order valence-corrected chi connectivity index (χ2v) is 7.67. The summed E-state index contributed by atoms with van der Waals surface area (Å²) in [6, 6.07) is 20.4. The Bertz CT molecular complexity index is 1190. The highest BCUT2D eigenvalue weighted by Gasteiger charge is 2.12. The maximum Gasteiger partial charge on any atom is 0.262 e. The van der Waals surface area contributed by atoms with Gasteiger partial charge < -0.3 is 9.73 Å². The van der Waals surface area contributed by atoms with Gasteiger partial charge in [-0.1, -0.05) is 30.3 Å². The van der Waals surface area contributed by atoms with Gasteiger partial charge in [0, 0.05) is 18.2 Å². The molecule has 0 aliphatic carbocycles. The predicted octanol–water partition coefficient (Wildman–Crippen LogP) is 2.82. The molecule has 0 unspecified atom stereocenters. The quantitative estimate of drug-likeness (QED) is 0.480. The Balaban J connectivity index is 1.73. The zero-order chi connectivity index (χ0) is 20.9. The third-order valence-corrected chi connectivity index (χ3v) is 4.97. The Morgan fingerprint density at radius 2 is 1.76 bits per heavy atom. The van der Waals surface area contributed by atoms with Crippen molar-refractivity contribution in [3.8, 4) is 17.4 Å². The topological polar surface area (TPSA) is 126 Å². The molecule has 1 aromatic heterocycles. The molecule has 1 heterocycles. The first-order chi connectivity index (χ1) is 13.9. The van der Waals surface area contributed by atoms with Gasteiger partial charge in [-0.05, 0) is 42.0 Å². The molecule has 0 aliphatic heterocycles. The van der Waals surface area contributed by atoms with Crippen LogP contribution in [0, 0.1) is 11.3 Å². The normalized spacial score (nSPS) is 11.7. The van der Waals surface area contributed by atoms with E-state index >= 15 is 0 Å². The molecule has 8 heteroatoms. The van der Waals surface area contributed by atoms with E-state index in [0.29, 0.717) is 23.6 Å². The Labute approximate surface area is 168 Å². The molecule has 0 radical (unpaired) electrons. The summed E-state index contributed by atoms with van der Waals surface area (Å²) in [5.41, 5.74) is 1.46. The van der Waals surface area contributed by atoms with Crippen molar-refractivity contribution >= 4 is 22.0 Å². The highest BCUT2D eigenvalue weighted by Crippen LogP contribution is 2.24. The number of rotatable bonds is 6. The second-order valence-electron chi connectivity index (χ2n) is 6.11. The zero-order valence-electron chi connectivity index (χ0n) is 15.2. The first-order valence-electron chi connectivity index (χ1n) is 8.54. The van der Waals surface area contributed by atoms with Gasteiger partial charge in [0.2, 0.25) is 10.0 Å². The lowest BCUT2D eigenvalue weighted by molar-refractivity contribution is -0.117. The summed E-state index contributed by atoms with van der Waals surface area (Å²) in [5, 5.41) is 17.1. The Kier molecular flexibility index (Phi) is 5.93. The van der Waals surface area contributed by atoms with Gasteiger partial charge in [-0.2, -0.15) is 5.26 Å². The van der Waals surface area contributed by atoms with Crippen molar-refractivity contribution in [1.29, 1.82) is 5.26 Å². The number of nitrogens with zero attached hydrogens (tertiary/aromatic N) is 1. The van der Waals surface area contributed by atoms with Crippen molar-refractivity contribution in [3.05, 3.63) is 83.6 Å². The fourth-order valence-electron chi connectivity index (χ4n) is 2.56. The van der Waals surface area contributed by atoms with Crippen molar-refractivity contribution in [2.75, 3.05) is 0 Å². The van der Waals surface area contributed by atoms with Crippen LogP contribution in [0.3, 0.4) is 0 Å². The first kappa shape index (κ1) is 20.1. The Morgan fingerprint density at radius 1 is 1.07 bits per heavy atom. The average Bonchev–Trinajstić information content (AvgIpc) is 3.19. The average molecular weight is 407 g/mol. The van der Waals surface area contributed by atoms with Crippen LogP contribution in [0.2, 0.25) is 0 Å². The van der Waals surface area contributed by atoms with Gasteiger partial charge in [0.1, 0.15) is 23.2 Å². The van der Waals surface area contributed by atoms with Crippen LogP contribution in [-0.2, 0) is 21.4 Å². The number of nitrogens with one attached hydrogen (secondary N) is 1. The van der Waals surface area contributed by atoms with E-state index in [-0.39, 0.29) is 10.5 Å². The number of hydrogen-bond donors (Lipinski definition) is 2. The molecule has 0 bridgehead atoms. The number of furan rings is 1. The lowest BCUT2D eigenvalue weighted by Crippen LogP contribution is -2.23. The minimum absolute atomic E-state index is 0.00483. The molecule has 146 valence electrons. The molecule has 0 aliphatic rings. The number of nitrogens with two attached hydrogens (primary N) is 1. The van der Waals surface area contributed by atoms with Crippen LogP contribution < -0.4 is 10.5 Å². The van der Waals surface area contributed by atoms with Gasteiger partial charge in [-0.15, -0.1) is 0 Å². The Hall–Kier alpha value is -3.67. The minimum atomic E-state index is -3.77. The molecule has 0 atom stereocenters. The van der Waals surface area contributed by atoms with E-state index in [1.807, 2.05) is 36.4 Å². The summed E-state index contributed by atoms with van der Waals surface area (Å²) < 4.78 is 28.3. The van der Waals surface area contributed by atoms with Crippen molar-refractivity contribution in [2.24, 2.45) is 5.14 Å². The molecular weight excluding hydrogens is 390 g/mol. The van der Waals surface area contributed by atoms with Crippen molar-refractivity contribution < 1.29 is 17.6 Å². The smallest absolute Gasteiger partial charge is 0.262 e. The van der Waals surface area contributed by atoms with Gasteiger partial charge in [0.05, 0.1) is 4.90 Å². The molecule has 0 fully saturated rings. The lowest BCUT2D eigenvalue weighted by Gasteiger charge is -2.04. The third kappa shape index (κ3) is 5.19. The van der Waals surface area contributed by atoms with Crippen LogP contribution in [0.1, 0.15) is 11.3 Å². The van der Waals surface area contributed by atoms with E-state index in [4.69, 9.17) is 9.56 Å². The molecule has 7 nitrogen and oxygen atoms in total. The second kappa shape index (κ2) is 8.56. The van der Waals surface area contributed by atoms with Gasteiger partial charge in [0.25, 0.3) is 5.91 Å². The van der Waals surface area contributed by atoms with Gasteiger partial charge in [0.15, 0.2) is 0 Å². The number of nitriles is 1. The summed E-state index contributed by atoms with van der Waals surface area (Å²) in [6.45, 7) is 0.304. The van der Waals surface area contributed by atoms with E-state index in [1.54, 1.807) is 24.3 Å². The molecule has 0 saturated heterocycles.